The summed E-state index contributed by atoms with van der Waals surface area (Å²) in [7, 11) is 3.49. The Morgan fingerprint density at radius 1 is 1.29 bits per heavy atom. The summed E-state index contributed by atoms with van der Waals surface area (Å²) in [6.07, 6.45) is 2.50. The van der Waals surface area contributed by atoms with Crippen LogP contribution in [-0.2, 0) is 11.2 Å². The quantitative estimate of drug-likeness (QED) is 0.838. The molecule has 2 aromatic rings. The fourth-order valence-corrected chi connectivity index (χ4v) is 4.08. The number of aryl methyl sites for hydroxylation is 1. The van der Waals surface area contributed by atoms with Crippen molar-refractivity contribution in [1.29, 1.82) is 0 Å². The monoisotopic (exact) mass is 400 g/mol. The molecule has 1 N–H and O–H groups in total. The highest BCUT2D eigenvalue weighted by Crippen LogP contribution is 2.22. The van der Waals surface area contributed by atoms with Crippen LogP contribution in [0, 0.1) is 12.8 Å². The van der Waals surface area contributed by atoms with Crippen LogP contribution in [0.15, 0.2) is 29.6 Å². The van der Waals surface area contributed by atoms with E-state index in [2.05, 4.69) is 39.9 Å². The average Bonchev–Trinajstić information content (AvgIpc) is 3.14. The van der Waals surface area contributed by atoms with Crippen molar-refractivity contribution in [2.75, 3.05) is 33.7 Å². The van der Waals surface area contributed by atoms with Crippen molar-refractivity contribution in [1.82, 2.24) is 20.1 Å². The van der Waals surface area contributed by atoms with E-state index < -0.39 is 0 Å². The molecule has 6 nitrogen and oxygen atoms in total. The van der Waals surface area contributed by atoms with E-state index in [4.69, 9.17) is 0 Å². The lowest BCUT2D eigenvalue weighted by Gasteiger charge is -2.33. The highest BCUT2D eigenvalue weighted by molar-refractivity contribution is 7.09. The number of urea groups is 1. The molecule has 1 atom stereocenters. The topological polar surface area (TPSA) is 65.5 Å². The summed E-state index contributed by atoms with van der Waals surface area (Å²) in [6, 6.07) is 8.32. The minimum absolute atomic E-state index is 0.0205. The van der Waals surface area contributed by atoms with Crippen LogP contribution in [0.2, 0.25) is 0 Å². The summed E-state index contributed by atoms with van der Waals surface area (Å²) < 4.78 is 0. The molecule has 1 aromatic heterocycles. The van der Waals surface area contributed by atoms with Gasteiger partial charge in [0, 0.05) is 44.7 Å². The molecular weight excluding hydrogens is 372 g/mol. The Hall–Kier alpha value is -2.41. The summed E-state index contributed by atoms with van der Waals surface area (Å²) in [5.74, 6) is -0.0706. The van der Waals surface area contributed by atoms with Crippen LogP contribution in [0.1, 0.15) is 23.4 Å². The first kappa shape index (κ1) is 20.3. The Kier molecular flexibility index (Phi) is 6.67. The second-order valence-corrected chi connectivity index (χ2v) is 8.51. The van der Waals surface area contributed by atoms with Gasteiger partial charge in [0.15, 0.2) is 0 Å². The van der Waals surface area contributed by atoms with E-state index in [9.17, 15) is 9.59 Å². The molecule has 7 heteroatoms. The Morgan fingerprint density at radius 3 is 2.68 bits per heavy atom. The highest BCUT2D eigenvalue weighted by Gasteiger charge is 2.28. The number of benzene rings is 1. The number of carbonyl (C=O) groups is 2. The second kappa shape index (κ2) is 9.19. The predicted octanol–water partition coefficient (Wildman–Crippen LogP) is 3.17. The van der Waals surface area contributed by atoms with Crippen LogP contribution in [-0.4, -0.2) is 60.5 Å². The van der Waals surface area contributed by atoms with Gasteiger partial charge in [0.25, 0.3) is 0 Å². The van der Waals surface area contributed by atoms with Crippen molar-refractivity contribution in [3.63, 3.8) is 0 Å². The lowest BCUT2D eigenvalue weighted by atomic mass is 9.97. The van der Waals surface area contributed by atoms with Gasteiger partial charge in [0.1, 0.15) is 0 Å². The van der Waals surface area contributed by atoms with Crippen molar-refractivity contribution in [2.45, 2.75) is 26.2 Å². The van der Waals surface area contributed by atoms with Crippen LogP contribution in [0.25, 0.3) is 11.3 Å². The zero-order chi connectivity index (χ0) is 20.1. The zero-order valence-corrected chi connectivity index (χ0v) is 17.6. The fourth-order valence-electron chi connectivity index (χ4n) is 3.46. The van der Waals surface area contributed by atoms with Gasteiger partial charge < -0.3 is 15.1 Å². The number of carbonyl (C=O) groups excluding carboxylic acids is 2. The van der Waals surface area contributed by atoms with Gasteiger partial charge in [-0.2, -0.15) is 0 Å². The summed E-state index contributed by atoms with van der Waals surface area (Å²) in [6.45, 7) is 3.84. The Labute approximate surface area is 170 Å². The molecule has 1 aromatic carbocycles. The maximum atomic E-state index is 12.5. The summed E-state index contributed by atoms with van der Waals surface area (Å²) in [5, 5.41) is 6.17. The molecule has 0 saturated carbocycles. The summed E-state index contributed by atoms with van der Waals surface area (Å²) in [4.78, 5) is 32.5. The first-order valence-electron chi connectivity index (χ1n) is 9.69. The number of likely N-dealkylation sites (tertiary alicyclic amines) is 1. The number of aromatic nitrogens is 1. The first-order valence-corrected chi connectivity index (χ1v) is 10.6. The Balaban J connectivity index is 1.46. The molecule has 3 rings (SSSR count). The van der Waals surface area contributed by atoms with Crippen molar-refractivity contribution < 1.29 is 9.59 Å². The number of nitrogens with zero attached hydrogens (tertiary/aromatic N) is 3. The van der Waals surface area contributed by atoms with Gasteiger partial charge in [-0.05, 0) is 31.7 Å². The van der Waals surface area contributed by atoms with Crippen LogP contribution in [0.4, 0.5) is 4.79 Å². The van der Waals surface area contributed by atoms with E-state index >= 15 is 0 Å². The molecule has 1 aliphatic rings. The molecule has 0 aliphatic carbocycles. The lowest BCUT2D eigenvalue weighted by molar-refractivity contribution is -0.126. The molecule has 3 amide bonds. The van der Waals surface area contributed by atoms with Gasteiger partial charge in [0.2, 0.25) is 5.91 Å². The lowest BCUT2D eigenvalue weighted by Crippen LogP contribution is -2.48. The van der Waals surface area contributed by atoms with Crippen LogP contribution in [0.3, 0.4) is 0 Å². The molecule has 150 valence electrons. The largest absolute Gasteiger partial charge is 0.355 e. The third-order valence-electron chi connectivity index (χ3n) is 5.03. The molecule has 1 fully saturated rings. The van der Waals surface area contributed by atoms with Crippen LogP contribution in [0.5, 0.6) is 0 Å². The van der Waals surface area contributed by atoms with E-state index in [0.29, 0.717) is 13.1 Å². The van der Waals surface area contributed by atoms with Gasteiger partial charge in [-0.3, -0.25) is 4.79 Å². The summed E-state index contributed by atoms with van der Waals surface area (Å²) in [5.41, 5.74) is 3.31. The molecule has 1 saturated heterocycles. The van der Waals surface area contributed by atoms with Crippen LogP contribution < -0.4 is 5.32 Å². The van der Waals surface area contributed by atoms with Crippen molar-refractivity contribution in [3.05, 3.63) is 40.2 Å². The Bertz CT molecular complexity index is 816. The number of hydrogen-bond donors (Lipinski definition) is 1. The molecule has 28 heavy (non-hydrogen) atoms. The average molecular weight is 401 g/mol. The molecule has 0 bridgehead atoms. The molecule has 0 unspecified atom stereocenters. The van der Waals surface area contributed by atoms with Gasteiger partial charge in [-0.15, -0.1) is 11.3 Å². The van der Waals surface area contributed by atoms with Crippen molar-refractivity contribution >= 4 is 23.3 Å². The van der Waals surface area contributed by atoms with Gasteiger partial charge >= 0.3 is 6.03 Å². The van der Waals surface area contributed by atoms with E-state index in [0.717, 1.165) is 42.1 Å². The number of amides is 3. The molecule has 2 heterocycles. The molecule has 0 radical (unpaired) electrons. The first-order chi connectivity index (χ1) is 13.4. The predicted molar refractivity (Wildman–Crippen MR) is 112 cm³/mol. The van der Waals surface area contributed by atoms with Crippen molar-refractivity contribution in [2.24, 2.45) is 5.92 Å². The number of nitrogens with one attached hydrogen (secondary N) is 1. The molecule has 0 spiro atoms. The number of hydrogen-bond acceptors (Lipinski definition) is 4. The van der Waals surface area contributed by atoms with Gasteiger partial charge in [-0.25, -0.2) is 9.78 Å². The van der Waals surface area contributed by atoms with Crippen molar-refractivity contribution in [3.8, 4) is 11.3 Å². The Morgan fingerprint density at radius 2 is 2.04 bits per heavy atom. The fraction of sp³-hybridized carbons (Fsp3) is 0.476. The zero-order valence-electron chi connectivity index (χ0n) is 16.8. The maximum Gasteiger partial charge on any atom is 0.319 e. The SMILES string of the molecule is Cc1nc(-c2ccc(CCNC(=O)[C@@H]3CCCN(C(=O)N(C)C)C3)cc2)cs1. The summed E-state index contributed by atoms with van der Waals surface area (Å²) >= 11 is 1.65. The molecular formula is C21H28N4O2S. The van der Waals surface area contributed by atoms with E-state index in [1.165, 1.54) is 5.56 Å². The minimum Gasteiger partial charge on any atom is -0.355 e. The third kappa shape index (κ3) is 5.10. The minimum atomic E-state index is -0.118. The van der Waals surface area contributed by atoms with E-state index in [1.54, 1.807) is 35.2 Å². The maximum absolute atomic E-state index is 12.5. The number of piperidine rings is 1. The highest BCUT2D eigenvalue weighted by atomic mass is 32.1. The van der Waals surface area contributed by atoms with Gasteiger partial charge in [-0.1, -0.05) is 24.3 Å². The molecule has 1 aliphatic heterocycles. The van der Waals surface area contributed by atoms with E-state index in [-0.39, 0.29) is 17.9 Å². The van der Waals surface area contributed by atoms with E-state index in [1.807, 2.05) is 6.92 Å². The number of thiazole rings is 1. The second-order valence-electron chi connectivity index (χ2n) is 7.45. The normalized spacial score (nSPS) is 16.7. The third-order valence-corrected chi connectivity index (χ3v) is 5.80. The smallest absolute Gasteiger partial charge is 0.319 e. The number of rotatable bonds is 5. The van der Waals surface area contributed by atoms with Crippen LogP contribution >= 0.6 is 11.3 Å². The standard InChI is InChI=1S/C21H28N4O2S/c1-15-23-19(14-28-15)17-8-6-16(7-9-17)10-11-22-20(26)18-5-4-12-25(13-18)21(27)24(2)3/h6-9,14,18H,4-5,10-13H2,1-3H3,(H,22,26)/t18-/m1/s1. The van der Waals surface area contributed by atoms with Gasteiger partial charge in [0.05, 0.1) is 16.6 Å².